The SMILES string of the molecule is COc1ccc([C@H](C(=O)NC2CCCCC2)N(Cc2ccco2)C(=O)c2cccs2)cc1OC. The van der Waals surface area contributed by atoms with Crippen LogP contribution in [0.25, 0.3) is 0 Å². The number of amides is 2. The third kappa shape index (κ3) is 5.44. The summed E-state index contributed by atoms with van der Waals surface area (Å²) in [6.07, 6.45) is 6.83. The van der Waals surface area contributed by atoms with Crippen molar-refractivity contribution in [1.29, 1.82) is 0 Å². The first kappa shape index (κ1) is 23.9. The third-order valence-electron chi connectivity index (χ3n) is 6.13. The molecule has 2 amide bonds. The van der Waals surface area contributed by atoms with E-state index in [4.69, 9.17) is 13.9 Å². The number of carbonyl (C=O) groups excluding carboxylic acids is 2. The second-order valence-electron chi connectivity index (χ2n) is 8.35. The van der Waals surface area contributed by atoms with Gasteiger partial charge in [-0.25, -0.2) is 0 Å². The first-order valence-electron chi connectivity index (χ1n) is 11.5. The lowest BCUT2D eigenvalue weighted by Crippen LogP contribution is -2.46. The second kappa shape index (κ2) is 11.2. The molecule has 0 spiro atoms. The van der Waals surface area contributed by atoms with Gasteiger partial charge < -0.3 is 24.1 Å². The fraction of sp³-hybridized carbons (Fsp3) is 0.385. The maximum atomic E-state index is 13.8. The van der Waals surface area contributed by atoms with E-state index in [1.807, 2.05) is 17.5 Å². The Balaban J connectivity index is 1.75. The van der Waals surface area contributed by atoms with Gasteiger partial charge in [0, 0.05) is 6.04 Å². The Labute approximate surface area is 203 Å². The van der Waals surface area contributed by atoms with Crippen molar-refractivity contribution in [3.63, 3.8) is 0 Å². The summed E-state index contributed by atoms with van der Waals surface area (Å²) in [6, 6.07) is 11.7. The van der Waals surface area contributed by atoms with Gasteiger partial charge >= 0.3 is 0 Å². The lowest BCUT2D eigenvalue weighted by molar-refractivity contribution is -0.127. The van der Waals surface area contributed by atoms with E-state index in [0.29, 0.717) is 27.7 Å². The average Bonchev–Trinajstić information content (AvgIpc) is 3.58. The second-order valence-corrected chi connectivity index (χ2v) is 9.30. The Morgan fingerprint density at radius 1 is 1.09 bits per heavy atom. The molecule has 0 unspecified atom stereocenters. The van der Waals surface area contributed by atoms with Crippen LogP contribution in [0.5, 0.6) is 11.5 Å². The van der Waals surface area contributed by atoms with E-state index in [0.717, 1.165) is 25.7 Å². The largest absolute Gasteiger partial charge is 0.493 e. The van der Waals surface area contributed by atoms with Gasteiger partial charge in [-0.2, -0.15) is 0 Å². The number of carbonyl (C=O) groups is 2. The molecule has 8 heteroatoms. The predicted molar refractivity (Wildman–Crippen MR) is 130 cm³/mol. The highest BCUT2D eigenvalue weighted by Gasteiger charge is 2.35. The highest BCUT2D eigenvalue weighted by molar-refractivity contribution is 7.12. The van der Waals surface area contributed by atoms with Crippen molar-refractivity contribution < 1.29 is 23.5 Å². The zero-order valence-electron chi connectivity index (χ0n) is 19.5. The summed E-state index contributed by atoms with van der Waals surface area (Å²) < 4.78 is 16.4. The van der Waals surface area contributed by atoms with Gasteiger partial charge in [-0.15, -0.1) is 11.3 Å². The van der Waals surface area contributed by atoms with Crippen LogP contribution in [-0.4, -0.2) is 37.0 Å². The molecule has 1 fully saturated rings. The number of furan rings is 1. The smallest absolute Gasteiger partial charge is 0.265 e. The van der Waals surface area contributed by atoms with Crippen LogP contribution in [0, 0.1) is 0 Å². The standard InChI is InChI=1S/C26H30N2O5S/c1-31-21-13-12-18(16-22(21)32-2)24(25(29)27-19-8-4-3-5-9-19)28(17-20-10-6-14-33-20)26(30)23-11-7-15-34-23/h6-7,10-16,19,24H,3-5,8-9,17H2,1-2H3,(H,27,29)/t24-/m1/s1. The highest BCUT2D eigenvalue weighted by Crippen LogP contribution is 2.34. The molecule has 1 aliphatic carbocycles. The normalized spacial score (nSPS) is 14.9. The number of nitrogens with zero attached hydrogens (tertiary/aromatic N) is 1. The molecular weight excluding hydrogens is 452 g/mol. The van der Waals surface area contributed by atoms with Crippen LogP contribution in [0.2, 0.25) is 0 Å². The third-order valence-corrected chi connectivity index (χ3v) is 6.99. The minimum Gasteiger partial charge on any atom is -0.493 e. The van der Waals surface area contributed by atoms with Gasteiger partial charge in [-0.1, -0.05) is 31.4 Å². The van der Waals surface area contributed by atoms with Gasteiger partial charge in [-0.05, 0) is 54.1 Å². The van der Waals surface area contributed by atoms with Crippen LogP contribution < -0.4 is 14.8 Å². The molecule has 3 aromatic rings. The molecule has 1 N–H and O–H groups in total. The van der Waals surface area contributed by atoms with E-state index < -0.39 is 6.04 Å². The number of rotatable bonds is 9. The van der Waals surface area contributed by atoms with E-state index in [2.05, 4.69) is 5.32 Å². The Hall–Kier alpha value is -3.26. The number of ether oxygens (including phenoxy) is 2. The topological polar surface area (TPSA) is 81.0 Å². The molecule has 34 heavy (non-hydrogen) atoms. The molecule has 1 saturated carbocycles. The number of benzene rings is 1. The van der Waals surface area contributed by atoms with Crippen molar-refractivity contribution >= 4 is 23.2 Å². The maximum Gasteiger partial charge on any atom is 0.265 e. The lowest BCUT2D eigenvalue weighted by atomic mass is 9.94. The Morgan fingerprint density at radius 2 is 1.88 bits per heavy atom. The lowest BCUT2D eigenvalue weighted by Gasteiger charge is -2.33. The average molecular weight is 483 g/mol. The molecule has 1 atom stereocenters. The predicted octanol–water partition coefficient (Wildman–Crippen LogP) is 5.19. The molecule has 2 aromatic heterocycles. The monoisotopic (exact) mass is 482 g/mol. The van der Waals surface area contributed by atoms with Crippen LogP contribution in [0.15, 0.2) is 58.5 Å². The fourth-order valence-electron chi connectivity index (χ4n) is 4.42. The fourth-order valence-corrected chi connectivity index (χ4v) is 5.09. The van der Waals surface area contributed by atoms with E-state index in [-0.39, 0.29) is 24.4 Å². The molecule has 4 rings (SSSR count). The van der Waals surface area contributed by atoms with Gasteiger partial charge in [0.2, 0.25) is 5.91 Å². The van der Waals surface area contributed by atoms with E-state index in [9.17, 15) is 9.59 Å². The molecule has 0 bridgehead atoms. The van der Waals surface area contributed by atoms with Gasteiger partial charge in [0.1, 0.15) is 11.8 Å². The van der Waals surface area contributed by atoms with Crippen molar-refractivity contribution in [3.8, 4) is 11.5 Å². The van der Waals surface area contributed by atoms with Crippen molar-refractivity contribution in [1.82, 2.24) is 10.2 Å². The first-order chi connectivity index (χ1) is 16.6. The minimum absolute atomic E-state index is 0.103. The molecule has 1 aromatic carbocycles. The quantitative estimate of drug-likeness (QED) is 0.454. The summed E-state index contributed by atoms with van der Waals surface area (Å²) in [4.78, 5) is 29.6. The molecular formula is C26H30N2O5S. The number of thiophene rings is 1. The molecule has 0 saturated heterocycles. The van der Waals surface area contributed by atoms with E-state index >= 15 is 0 Å². The highest BCUT2D eigenvalue weighted by atomic mass is 32.1. The van der Waals surface area contributed by atoms with Crippen molar-refractivity contribution in [2.24, 2.45) is 0 Å². The van der Waals surface area contributed by atoms with Crippen molar-refractivity contribution in [2.45, 2.75) is 50.7 Å². The van der Waals surface area contributed by atoms with Crippen LogP contribution >= 0.6 is 11.3 Å². The minimum atomic E-state index is -0.874. The summed E-state index contributed by atoms with van der Waals surface area (Å²) in [6.45, 7) is 0.154. The summed E-state index contributed by atoms with van der Waals surface area (Å²) in [5.41, 5.74) is 0.641. The van der Waals surface area contributed by atoms with E-state index in [1.165, 1.54) is 17.8 Å². The van der Waals surface area contributed by atoms with Crippen LogP contribution in [0.4, 0.5) is 0 Å². The molecule has 1 aliphatic rings. The number of methoxy groups -OCH3 is 2. The molecule has 0 radical (unpaired) electrons. The van der Waals surface area contributed by atoms with Crippen LogP contribution in [0.3, 0.4) is 0 Å². The summed E-state index contributed by atoms with van der Waals surface area (Å²) >= 11 is 1.35. The summed E-state index contributed by atoms with van der Waals surface area (Å²) in [5.74, 6) is 1.21. The molecule has 0 aliphatic heterocycles. The van der Waals surface area contributed by atoms with Crippen molar-refractivity contribution in [3.05, 3.63) is 70.3 Å². The zero-order chi connectivity index (χ0) is 23.9. The molecule has 2 heterocycles. The van der Waals surface area contributed by atoms with Crippen LogP contribution in [-0.2, 0) is 11.3 Å². The van der Waals surface area contributed by atoms with Gasteiger partial charge in [0.15, 0.2) is 11.5 Å². The number of hydrogen-bond acceptors (Lipinski definition) is 6. The molecule has 7 nitrogen and oxygen atoms in total. The zero-order valence-corrected chi connectivity index (χ0v) is 20.3. The maximum absolute atomic E-state index is 13.8. The number of nitrogens with one attached hydrogen (secondary N) is 1. The Morgan fingerprint density at radius 3 is 2.53 bits per heavy atom. The number of hydrogen-bond donors (Lipinski definition) is 1. The van der Waals surface area contributed by atoms with Gasteiger partial charge in [0.25, 0.3) is 5.91 Å². The summed E-state index contributed by atoms with van der Waals surface area (Å²) in [5, 5.41) is 5.06. The van der Waals surface area contributed by atoms with Gasteiger partial charge in [-0.3, -0.25) is 9.59 Å². The first-order valence-corrected chi connectivity index (χ1v) is 12.4. The van der Waals surface area contributed by atoms with Crippen molar-refractivity contribution in [2.75, 3.05) is 14.2 Å². The van der Waals surface area contributed by atoms with Crippen LogP contribution in [0.1, 0.15) is 59.1 Å². The van der Waals surface area contributed by atoms with E-state index in [1.54, 1.807) is 55.7 Å². The summed E-state index contributed by atoms with van der Waals surface area (Å²) in [7, 11) is 3.12. The molecule has 180 valence electrons. The Bertz CT molecular complexity index is 1070. The Kier molecular flexibility index (Phi) is 7.90. The van der Waals surface area contributed by atoms with Gasteiger partial charge in [0.05, 0.1) is 31.9 Å².